The highest BCUT2D eigenvalue weighted by molar-refractivity contribution is 7.16. The van der Waals surface area contributed by atoms with Crippen LogP contribution in [0.2, 0.25) is 0 Å². The highest BCUT2D eigenvalue weighted by Crippen LogP contribution is 2.22. The third kappa shape index (κ3) is 2.04. The van der Waals surface area contributed by atoms with E-state index in [1.165, 1.54) is 0 Å². The van der Waals surface area contributed by atoms with E-state index in [4.69, 9.17) is 0 Å². The minimum Gasteiger partial charge on any atom is -0.334 e. The van der Waals surface area contributed by atoms with Crippen LogP contribution in [0.4, 0.5) is 5.00 Å². The number of thiazole rings is 1. The summed E-state index contributed by atoms with van der Waals surface area (Å²) < 4.78 is 0. The van der Waals surface area contributed by atoms with Crippen molar-refractivity contribution in [3.05, 3.63) is 10.7 Å². The molecule has 0 aliphatic carbocycles. The van der Waals surface area contributed by atoms with E-state index in [2.05, 4.69) is 15.3 Å². The molecule has 0 saturated heterocycles. The van der Waals surface area contributed by atoms with Crippen LogP contribution in [-0.4, -0.2) is 17.9 Å². The molecular weight excluding hydrogens is 170 g/mol. The predicted molar refractivity (Wildman–Crippen MR) is 54.2 cm³/mol. The predicted octanol–water partition coefficient (Wildman–Crippen LogP) is 2.22. The second-order valence-electron chi connectivity index (χ2n) is 2.58. The van der Waals surface area contributed by atoms with Crippen LogP contribution in [0.15, 0.2) is 4.99 Å². The average molecular weight is 183 g/mol. The Balaban J connectivity index is 2.82. The topological polar surface area (TPSA) is 37.3 Å². The number of anilines is 1. The van der Waals surface area contributed by atoms with Gasteiger partial charge in [-0.05, 0) is 20.8 Å². The molecule has 0 fully saturated rings. The van der Waals surface area contributed by atoms with Gasteiger partial charge in [0.25, 0.3) is 0 Å². The lowest BCUT2D eigenvalue weighted by Crippen LogP contribution is -2.05. The molecule has 0 amide bonds. The smallest absolute Gasteiger partial charge is 0.117 e. The molecule has 0 aliphatic rings. The SMILES string of the molecule is CN=C(C)Nc1sc(C)nc1C. The normalized spacial score (nSPS) is 11.8. The number of nitrogens with zero attached hydrogens (tertiary/aromatic N) is 2. The van der Waals surface area contributed by atoms with Gasteiger partial charge >= 0.3 is 0 Å². The van der Waals surface area contributed by atoms with Crippen LogP contribution in [0.1, 0.15) is 17.6 Å². The number of hydrogen-bond donors (Lipinski definition) is 1. The van der Waals surface area contributed by atoms with Crippen LogP contribution in [0.5, 0.6) is 0 Å². The molecule has 0 bridgehead atoms. The molecular formula is C8H13N3S. The van der Waals surface area contributed by atoms with Gasteiger partial charge in [-0.3, -0.25) is 4.99 Å². The van der Waals surface area contributed by atoms with E-state index in [1.54, 1.807) is 18.4 Å². The van der Waals surface area contributed by atoms with E-state index < -0.39 is 0 Å². The Labute approximate surface area is 76.6 Å². The largest absolute Gasteiger partial charge is 0.334 e. The van der Waals surface area contributed by atoms with E-state index in [-0.39, 0.29) is 0 Å². The van der Waals surface area contributed by atoms with Crippen molar-refractivity contribution >= 4 is 22.2 Å². The molecule has 66 valence electrons. The fraction of sp³-hybridized carbons (Fsp3) is 0.500. The summed E-state index contributed by atoms with van der Waals surface area (Å²) in [6.07, 6.45) is 0. The zero-order chi connectivity index (χ0) is 9.14. The van der Waals surface area contributed by atoms with Gasteiger partial charge in [-0.15, -0.1) is 11.3 Å². The summed E-state index contributed by atoms with van der Waals surface area (Å²) in [5, 5.41) is 5.36. The van der Waals surface area contributed by atoms with Crippen LogP contribution in [-0.2, 0) is 0 Å². The van der Waals surface area contributed by atoms with Gasteiger partial charge in [0.2, 0.25) is 0 Å². The molecule has 12 heavy (non-hydrogen) atoms. The molecule has 0 saturated carbocycles. The number of rotatable bonds is 1. The monoisotopic (exact) mass is 183 g/mol. The molecule has 4 heteroatoms. The van der Waals surface area contributed by atoms with Gasteiger partial charge < -0.3 is 5.32 Å². The maximum atomic E-state index is 4.30. The van der Waals surface area contributed by atoms with Crippen molar-refractivity contribution in [2.75, 3.05) is 12.4 Å². The Morgan fingerprint density at radius 2 is 2.17 bits per heavy atom. The molecule has 0 aliphatic heterocycles. The van der Waals surface area contributed by atoms with Crippen molar-refractivity contribution in [1.29, 1.82) is 0 Å². The van der Waals surface area contributed by atoms with Gasteiger partial charge in [0.05, 0.1) is 16.5 Å². The maximum absolute atomic E-state index is 4.30. The number of aliphatic imine (C=N–C) groups is 1. The number of aryl methyl sites for hydroxylation is 2. The fourth-order valence-corrected chi connectivity index (χ4v) is 1.74. The van der Waals surface area contributed by atoms with E-state index >= 15 is 0 Å². The van der Waals surface area contributed by atoms with E-state index in [0.29, 0.717) is 0 Å². The maximum Gasteiger partial charge on any atom is 0.117 e. The molecule has 3 nitrogen and oxygen atoms in total. The zero-order valence-corrected chi connectivity index (χ0v) is 8.62. The molecule has 0 aromatic carbocycles. The Hall–Kier alpha value is -0.900. The Morgan fingerprint density at radius 3 is 2.58 bits per heavy atom. The lowest BCUT2D eigenvalue weighted by atomic mass is 10.5. The molecule has 0 unspecified atom stereocenters. The first kappa shape index (κ1) is 9.19. The molecule has 1 heterocycles. The molecule has 1 aromatic heterocycles. The first-order chi connectivity index (χ1) is 5.63. The van der Waals surface area contributed by atoms with Gasteiger partial charge in [-0.25, -0.2) is 4.98 Å². The third-order valence-corrected chi connectivity index (χ3v) is 2.52. The third-order valence-electron chi connectivity index (χ3n) is 1.53. The van der Waals surface area contributed by atoms with Crippen molar-refractivity contribution in [2.45, 2.75) is 20.8 Å². The van der Waals surface area contributed by atoms with Gasteiger partial charge in [-0.1, -0.05) is 0 Å². The van der Waals surface area contributed by atoms with Gasteiger partial charge in [0, 0.05) is 7.05 Å². The van der Waals surface area contributed by atoms with Crippen LogP contribution < -0.4 is 5.32 Å². The standard InChI is InChI=1S/C8H13N3S/c1-5-8(11-6(2)9-4)12-7(3)10-5/h1-4H3,(H,9,11). The molecule has 0 spiro atoms. The molecule has 1 N–H and O–H groups in total. The average Bonchev–Trinajstić information content (AvgIpc) is 2.30. The van der Waals surface area contributed by atoms with Gasteiger partial charge in [0.15, 0.2) is 0 Å². The number of aromatic nitrogens is 1. The Morgan fingerprint density at radius 1 is 1.50 bits per heavy atom. The van der Waals surface area contributed by atoms with Crippen LogP contribution in [0.25, 0.3) is 0 Å². The van der Waals surface area contributed by atoms with Crippen LogP contribution >= 0.6 is 11.3 Å². The lowest BCUT2D eigenvalue weighted by molar-refractivity contribution is 1.20. The highest BCUT2D eigenvalue weighted by atomic mass is 32.1. The van der Waals surface area contributed by atoms with Crippen LogP contribution in [0, 0.1) is 13.8 Å². The lowest BCUT2D eigenvalue weighted by Gasteiger charge is -2.00. The van der Waals surface area contributed by atoms with E-state index in [1.807, 2.05) is 20.8 Å². The summed E-state index contributed by atoms with van der Waals surface area (Å²) in [5.41, 5.74) is 1.04. The van der Waals surface area contributed by atoms with Gasteiger partial charge in [-0.2, -0.15) is 0 Å². The molecule has 0 atom stereocenters. The number of hydrogen-bond acceptors (Lipinski definition) is 3. The summed E-state index contributed by atoms with van der Waals surface area (Å²) >= 11 is 1.65. The zero-order valence-electron chi connectivity index (χ0n) is 7.80. The van der Waals surface area contributed by atoms with Crippen molar-refractivity contribution in [1.82, 2.24) is 4.98 Å². The van der Waals surface area contributed by atoms with Crippen LogP contribution in [0.3, 0.4) is 0 Å². The second kappa shape index (κ2) is 3.67. The summed E-state index contributed by atoms with van der Waals surface area (Å²) in [6, 6.07) is 0. The Kier molecular flexibility index (Phi) is 2.81. The molecule has 1 aromatic rings. The minimum atomic E-state index is 0.918. The molecule has 0 radical (unpaired) electrons. The minimum absolute atomic E-state index is 0.918. The number of amidine groups is 1. The summed E-state index contributed by atoms with van der Waals surface area (Å²) in [6.45, 7) is 5.94. The van der Waals surface area contributed by atoms with E-state index in [9.17, 15) is 0 Å². The quantitative estimate of drug-likeness (QED) is 0.535. The summed E-state index contributed by atoms with van der Waals surface area (Å²) in [5.74, 6) is 0.918. The Bertz CT molecular complexity index is 301. The van der Waals surface area contributed by atoms with Crippen molar-refractivity contribution in [3.63, 3.8) is 0 Å². The fourth-order valence-electron chi connectivity index (χ4n) is 0.867. The van der Waals surface area contributed by atoms with Crippen molar-refractivity contribution in [3.8, 4) is 0 Å². The van der Waals surface area contributed by atoms with Gasteiger partial charge in [0.1, 0.15) is 5.00 Å². The van der Waals surface area contributed by atoms with E-state index in [0.717, 1.165) is 21.5 Å². The second-order valence-corrected chi connectivity index (χ2v) is 3.78. The summed E-state index contributed by atoms with van der Waals surface area (Å²) in [4.78, 5) is 8.32. The summed E-state index contributed by atoms with van der Waals surface area (Å²) in [7, 11) is 1.77. The molecule has 1 rings (SSSR count). The highest BCUT2D eigenvalue weighted by Gasteiger charge is 2.03. The van der Waals surface area contributed by atoms with Crippen molar-refractivity contribution in [2.24, 2.45) is 4.99 Å². The first-order valence-electron chi connectivity index (χ1n) is 3.78. The number of nitrogens with one attached hydrogen (secondary N) is 1. The van der Waals surface area contributed by atoms with Crippen molar-refractivity contribution < 1.29 is 0 Å². The first-order valence-corrected chi connectivity index (χ1v) is 4.59.